The Morgan fingerprint density at radius 2 is 1.97 bits per heavy atom. The summed E-state index contributed by atoms with van der Waals surface area (Å²) in [5.74, 6) is 4.25. The number of aromatic nitrogens is 1. The molecular formula is C23H34IN5O2. The molecule has 7 nitrogen and oxygen atoms in total. The third-order valence-electron chi connectivity index (χ3n) is 6.19. The molecule has 0 amide bonds. The number of para-hydroxylation sites is 1. The molecule has 1 saturated heterocycles. The fourth-order valence-electron chi connectivity index (χ4n) is 4.24. The molecular weight excluding hydrogens is 505 g/mol. The lowest BCUT2D eigenvalue weighted by atomic mass is 9.97. The van der Waals surface area contributed by atoms with Crippen molar-refractivity contribution in [2.75, 3.05) is 33.3 Å². The molecule has 1 fully saturated rings. The Kier molecular flexibility index (Phi) is 8.59. The highest BCUT2D eigenvalue weighted by atomic mass is 127. The maximum Gasteiger partial charge on any atom is 0.208 e. The first kappa shape index (κ1) is 23.8. The Labute approximate surface area is 202 Å². The summed E-state index contributed by atoms with van der Waals surface area (Å²) in [6.45, 7) is 8.60. The van der Waals surface area contributed by atoms with Gasteiger partial charge in [0.2, 0.25) is 5.89 Å². The van der Waals surface area contributed by atoms with Crippen LogP contribution in [0, 0.1) is 19.8 Å². The monoisotopic (exact) mass is 539 g/mol. The zero-order valence-electron chi connectivity index (χ0n) is 18.7. The normalized spacial score (nSPS) is 19.8. The standard InChI is InChI=1S/C23H33N5O2.HI/c1-16-17(2)30-22(26-16)15-28-11-8-18(9-12-28)14-25-23(24-3)27-20-10-13-29-21-7-5-4-6-19(20)21;/h4-7,18,20H,8-15H2,1-3H3,(H2,24,25,27);1H. The number of hydrogen-bond acceptors (Lipinski definition) is 5. The number of fused-ring (bicyclic) bond motifs is 1. The highest BCUT2D eigenvalue weighted by Crippen LogP contribution is 2.31. The summed E-state index contributed by atoms with van der Waals surface area (Å²) in [5.41, 5.74) is 2.20. The fraction of sp³-hybridized carbons (Fsp3) is 0.565. The Hall–Kier alpha value is -1.81. The van der Waals surface area contributed by atoms with Crippen LogP contribution < -0.4 is 15.4 Å². The van der Waals surface area contributed by atoms with Crippen molar-refractivity contribution in [3.63, 3.8) is 0 Å². The minimum absolute atomic E-state index is 0. The highest BCUT2D eigenvalue weighted by Gasteiger charge is 2.24. The van der Waals surface area contributed by atoms with Crippen molar-refractivity contribution in [3.05, 3.63) is 47.2 Å². The molecule has 2 aliphatic heterocycles. The number of piperidine rings is 1. The van der Waals surface area contributed by atoms with E-state index in [0.717, 1.165) is 68.3 Å². The number of guanidine groups is 1. The van der Waals surface area contributed by atoms with Crippen LogP contribution >= 0.6 is 24.0 Å². The van der Waals surface area contributed by atoms with Crippen LogP contribution in [0.2, 0.25) is 0 Å². The van der Waals surface area contributed by atoms with Gasteiger partial charge in [0, 0.05) is 25.6 Å². The lowest BCUT2D eigenvalue weighted by molar-refractivity contribution is 0.164. The number of likely N-dealkylation sites (tertiary alicyclic amines) is 1. The minimum atomic E-state index is 0. The summed E-state index contributed by atoms with van der Waals surface area (Å²) in [7, 11) is 1.84. The molecule has 0 radical (unpaired) electrons. The second kappa shape index (κ2) is 11.2. The van der Waals surface area contributed by atoms with Crippen molar-refractivity contribution in [3.8, 4) is 5.75 Å². The number of hydrogen-bond donors (Lipinski definition) is 2. The largest absolute Gasteiger partial charge is 0.493 e. The molecule has 0 bridgehead atoms. The first-order valence-electron chi connectivity index (χ1n) is 11.0. The van der Waals surface area contributed by atoms with Crippen LogP contribution in [0.25, 0.3) is 0 Å². The fourth-order valence-corrected chi connectivity index (χ4v) is 4.24. The number of benzene rings is 1. The van der Waals surface area contributed by atoms with Gasteiger partial charge in [-0.25, -0.2) is 4.98 Å². The van der Waals surface area contributed by atoms with Crippen molar-refractivity contribution >= 4 is 29.9 Å². The molecule has 170 valence electrons. The summed E-state index contributed by atoms with van der Waals surface area (Å²) in [5, 5.41) is 7.12. The molecule has 0 saturated carbocycles. The molecule has 1 atom stereocenters. The summed E-state index contributed by atoms with van der Waals surface area (Å²) in [4.78, 5) is 11.4. The van der Waals surface area contributed by atoms with E-state index in [1.807, 2.05) is 33.0 Å². The molecule has 2 aromatic rings. The van der Waals surface area contributed by atoms with Crippen LogP contribution in [0.4, 0.5) is 0 Å². The van der Waals surface area contributed by atoms with Gasteiger partial charge in [0.05, 0.1) is 24.9 Å². The van der Waals surface area contributed by atoms with Crippen LogP contribution in [0.3, 0.4) is 0 Å². The van der Waals surface area contributed by atoms with E-state index in [9.17, 15) is 0 Å². The van der Waals surface area contributed by atoms with Gasteiger partial charge >= 0.3 is 0 Å². The lowest BCUT2D eigenvalue weighted by Crippen LogP contribution is -2.44. The second-order valence-corrected chi connectivity index (χ2v) is 8.29. The number of ether oxygens (including phenoxy) is 1. The molecule has 4 rings (SSSR count). The number of rotatable bonds is 5. The first-order valence-corrected chi connectivity index (χ1v) is 11.0. The number of aliphatic imine (C=N–C) groups is 1. The maximum absolute atomic E-state index is 5.77. The number of halogens is 1. The molecule has 2 N–H and O–H groups in total. The van der Waals surface area contributed by atoms with Gasteiger partial charge < -0.3 is 19.8 Å². The summed E-state index contributed by atoms with van der Waals surface area (Å²) >= 11 is 0. The van der Waals surface area contributed by atoms with E-state index in [2.05, 4.69) is 37.6 Å². The average Bonchev–Trinajstić information content (AvgIpc) is 3.09. The van der Waals surface area contributed by atoms with Gasteiger partial charge in [-0.3, -0.25) is 9.89 Å². The van der Waals surface area contributed by atoms with Gasteiger partial charge in [0.1, 0.15) is 11.5 Å². The van der Waals surface area contributed by atoms with Gasteiger partial charge in [0.15, 0.2) is 5.96 Å². The summed E-state index contributed by atoms with van der Waals surface area (Å²) < 4.78 is 11.5. The number of oxazole rings is 1. The summed E-state index contributed by atoms with van der Waals surface area (Å²) in [6.07, 6.45) is 3.28. The van der Waals surface area contributed by atoms with Crippen molar-refractivity contribution in [1.82, 2.24) is 20.5 Å². The van der Waals surface area contributed by atoms with E-state index in [-0.39, 0.29) is 30.0 Å². The quantitative estimate of drug-likeness (QED) is 0.342. The van der Waals surface area contributed by atoms with Crippen molar-refractivity contribution in [2.45, 2.75) is 45.7 Å². The van der Waals surface area contributed by atoms with E-state index in [4.69, 9.17) is 9.15 Å². The lowest BCUT2D eigenvalue weighted by Gasteiger charge is -2.32. The molecule has 2 aliphatic rings. The Morgan fingerprint density at radius 3 is 2.68 bits per heavy atom. The Balaban J connectivity index is 0.00000272. The van der Waals surface area contributed by atoms with E-state index in [1.165, 1.54) is 18.4 Å². The van der Waals surface area contributed by atoms with Gasteiger partial charge in [-0.05, 0) is 51.8 Å². The maximum atomic E-state index is 5.77. The van der Waals surface area contributed by atoms with Crippen LogP contribution in [-0.2, 0) is 6.54 Å². The van der Waals surface area contributed by atoms with E-state index >= 15 is 0 Å². The topological polar surface area (TPSA) is 74.9 Å². The SMILES string of the molecule is CN=C(NCC1CCN(Cc2nc(C)c(C)o2)CC1)NC1CCOc2ccccc21.I. The second-order valence-electron chi connectivity index (χ2n) is 8.29. The molecule has 3 heterocycles. The van der Waals surface area contributed by atoms with Crippen molar-refractivity contribution < 1.29 is 9.15 Å². The molecule has 1 aromatic heterocycles. The average molecular weight is 539 g/mol. The van der Waals surface area contributed by atoms with E-state index in [1.54, 1.807) is 0 Å². The highest BCUT2D eigenvalue weighted by molar-refractivity contribution is 14.0. The van der Waals surface area contributed by atoms with Gasteiger partial charge in [0.25, 0.3) is 0 Å². The predicted octanol–water partition coefficient (Wildman–Crippen LogP) is 3.81. The Morgan fingerprint density at radius 1 is 1.19 bits per heavy atom. The molecule has 1 aromatic carbocycles. The predicted molar refractivity (Wildman–Crippen MR) is 133 cm³/mol. The number of nitrogens with zero attached hydrogens (tertiary/aromatic N) is 3. The molecule has 31 heavy (non-hydrogen) atoms. The van der Waals surface area contributed by atoms with Gasteiger partial charge in [-0.15, -0.1) is 24.0 Å². The number of aryl methyl sites for hydroxylation is 2. The third-order valence-corrected chi connectivity index (χ3v) is 6.19. The van der Waals surface area contributed by atoms with Crippen LogP contribution in [0.15, 0.2) is 33.7 Å². The molecule has 0 aliphatic carbocycles. The Bertz CT molecular complexity index is 857. The van der Waals surface area contributed by atoms with Gasteiger partial charge in [-0.1, -0.05) is 18.2 Å². The molecule has 8 heteroatoms. The smallest absolute Gasteiger partial charge is 0.208 e. The summed E-state index contributed by atoms with van der Waals surface area (Å²) in [6, 6.07) is 8.48. The zero-order valence-corrected chi connectivity index (χ0v) is 21.0. The first-order chi connectivity index (χ1) is 14.6. The molecule has 0 spiro atoms. The molecule has 1 unspecified atom stereocenters. The zero-order chi connectivity index (χ0) is 20.9. The van der Waals surface area contributed by atoms with Crippen LogP contribution in [0.1, 0.15) is 48.2 Å². The third kappa shape index (κ3) is 6.12. The van der Waals surface area contributed by atoms with Crippen LogP contribution in [-0.4, -0.2) is 49.1 Å². The van der Waals surface area contributed by atoms with Gasteiger partial charge in [-0.2, -0.15) is 0 Å². The van der Waals surface area contributed by atoms with Crippen molar-refractivity contribution in [2.24, 2.45) is 10.9 Å². The minimum Gasteiger partial charge on any atom is -0.493 e. The van der Waals surface area contributed by atoms with E-state index < -0.39 is 0 Å². The van der Waals surface area contributed by atoms with Crippen LogP contribution in [0.5, 0.6) is 5.75 Å². The van der Waals surface area contributed by atoms with E-state index in [0.29, 0.717) is 5.92 Å². The van der Waals surface area contributed by atoms with Crippen molar-refractivity contribution in [1.29, 1.82) is 0 Å². The number of nitrogens with one attached hydrogen (secondary N) is 2.